The number of carbonyl (C=O) groups excluding carboxylic acids is 1. The second-order valence-corrected chi connectivity index (χ2v) is 7.93. The summed E-state index contributed by atoms with van der Waals surface area (Å²) in [5, 5.41) is 22.4. The van der Waals surface area contributed by atoms with E-state index < -0.39 is 5.92 Å². The second kappa shape index (κ2) is 7.63. The zero-order valence-corrected chi connectivity index (χ0v) is 16.4. The normalized spacial score (nSPS) is 15.6. The summed E-state index contributed by atoms with van der Waals surface area (Å²) in [4.78, 5) is 32.3. The molecule has 0 radical (unpaired) electrons. The van der Waals surface area contributed by atoms with Crippen LogP contribution in [0.1, 0.15) is 34.6 Å². The summed E-state index contributed by atoms with van der Waals surface area (Å²) >= 11 is 1.38. The number of anilines is 1. The minimum atomic E-state index is -0.558. The van der Waals surface area contributed by atoms with Gasteiger partial charge in [0.15, 0.2) is 16.7 Å². The molecule has 1 aliphatic heterocycles. The highest BCUT2D eigenvalue weighted by Gasteiger charge is 2.31. The zero-order valence-electron chi connectivity index (χ0n) is 15.6. The zero-order chi connectivity index (χ0) is 20.5. The number of rotatable bonds is 4. The molecule has 0 aliphatic carbocycles. The van der Waals surface area contributed by atoms with Crippen molar-refractivity contribution < 1.29 is 15.0 Å². The third kappa shape index (κ3) is 3.97. The lowest BCUT2D eigenvalue weighted by molar-refractivity contribution is -0.116. The number of phenolic OH excluding ortho intramolecular Hbond substituents is 2. The monoisotopic (exact) mass is 409 g/mol. The molecule has 29 heavy (non-hydrogen) atoms. The summed E-state index contributed by atoms with van der Waals surface area (Å²) in [6.45, 7) is 2.02. The van der Waals surface area contributed by atoms with Crippen LogP contribution in [-0.2, 0) is 10.5 Å². The summed E-state index contributed by atoms with van der Waals surface area (Å²) in [6, 6.07) is 12.4. The van der Waals surface area contributed by atoms with Crippen LogP contribution in [0, 0.1) is 6.92 Å². The first-order valence-corrected chi connectivity index (χ1v) is 10.0. The molecule has 2 aromatic carbocycles. The molecule has 8 heteroatoms. The van der Waals surface area contributed by atoms with Crippen molar-refractivity contribution in [2.24, 2.45) is 0 Å². The van der Waals surface area contributed by atoms with Crippen molar-refractivity contribution in [2.45, 2.75) is 30.2 Å². The molecule has 0 unspecified atom stereocenters. The number of aryl methyl sites for hydroxylation is 1. The van der Waals surface area contributed by atoms with Gasteiger partial charge in [-0.3, -0.25) is 9.59 Å². The fourth-order valence-corrected chi connectivity index (χ4v) is 4.22. The third-order valence-electron chi connectivity index (χ3n) is 4.79. The third-order valence-corrected chi connectivity index (χ3v) is 5.73. The van der Waals surface area contributed by atoms with Crippen LogP contribution in [0.2, 0.25) is 0 Å². The van der Waals surface area contributed by atoms with Gasteiger partial charge in [-0.25, -0.2) is 4.98 Å². The van der Waals surface area contributed by atoms with Gasteiger partial charge >= 0.3 is 0 Å². The van der Waals surface area contributed by atoms with E-state index in [1.165, 1.54) is 23.9 Å². The molecule has 0 spiro atoms. The van der Waals surface area contributed by atoms with Gasteiger partial charge in [0.1, 0.15) is 5.82 Å². The lowest BCUT2D eigenvalue weighted by Crippen LogP contribution is -2.31. The van der Waals surface area contributed by atoms with Crippen LogP contribution >= 0.6 is 11.8 Å². The Morgan fingerprint density at radius 3 is 2.72 bits per heavy atom. The Kier molecular flexibility index (Phi) is 5.02. The predicted octanol–water partition coefficient (Wildman–Crippen LogP) is 3.26. The Labute approximate surface area is 170 Å². The maximum Gasteiger partial charge on any atom is 0.257 e. The van der Waals surface area contributed by atoms with E-state index in [-0.39, 0.29) is 35.2 Å². The van der Waals surface area contributed by atoms with E-state index in [9.17, 15) is 19.8 Å². The van der Waals surface area contributed by atoms with Crippen LogP contribution < -0.4 is 10.9 Å². The van der Waals surface area contributed by atoms with E-state index in [4.69, 9.17) is 0 Å². The standard InChI is InChI=1S/C21H19N3O4S/c1-11-3-2-4-12(7-11)10-29-21-23-19-18(20(28)24-21)14(9-17(27)22-19)13-5-6-15(25)16(26)8-13/h2-8,14,25-26H,9-10H2,1H3,(H2,22,23,24,27,28)/t14-/m0/s1. The van der Waals surface area contributed by atoms with Gasteiger partial charge in [0.25, 0.3) is 5.56 Å². The number of aromatic nitrogens is 2. The van der Waals surface area contributed by atoms with Gasteiger partial charge in [0.2, 0.25) is 5.91 Å². The molecule has 1 amide bonds. The topological polar surface area (TPSA) is 115 Å². The Morgan fingerprint density at radius 1 is 1.14 bits per heavy atom. The van der Waals surface area contributed by atoms with Gasteiger partial charge < -0.3 is 20.5 Å². The molecule has 1 aromatic heterocycles. The van der Waals surface area contributed by atoms with Crippen molar-refractivity contribution in [1.82, 2.24) is 9.97 Å². The van der Waals surface area contributed by atoms with Crippen molar-refractivity contribution in [2.75, 3.05) is 5.32 Å². The molecule has 4 rings (SSSR count). The number of carbonyl (C=O) groups is 1. The van der Waals surface area contributed by atoms with Gasteiger partial charge in [0, 0.05) is 18.1 Å². The lowest BCUT2D eigenvalue weighted by Gasteiger charge is -2.24. The quantitative estimate of drug-likeness (QED) is 0.299. The highest BCUT2D eigenvalue weighted by molar-refractivity contribution is 7.98. The molecule has 1 atom stereocenters. The minimum Gasteiger partial charge on any atom is -0.504 e. The number of aromatic amines is 1. The van der Waals surface area contributed by atoms with Crippen LogP contribution in [-0.4, -0.2) is 26.1 Å². The number of phenols is 2. The predicted molar refractivity (Wildman–Crippen MR) is 110 cm³/mol. The maximum atomic E-state index is 12.8. The van der Waals surface area contributed by atoms with Crippen molar-refractivity contribution in [1.29, 1.82) is 0 Å². The highest BCUT2D eigenvalue weighted by Crippen LogP contribution is 2.37. The van der Waals surface area contributed by atoms with Crippen LogP contribution in [0.15, 0.2) is 52.4 Å². The van der Waals surface area contributed by atoms with Gasteiger partial charge in [-0.1, -0.05) is 47.7 Å². The summed E-state index contributed by atoms with van der Waals surface area (Å²) < 4.78 is 0. The first-order chi connectivity index (χ1) is 13.9. The van der Waals surface area contributed by atoms with Gasteiger partial charge in [0.05, 0.1) is 5.56 Å². The lowest BCUT2D eigenvalue weighted by atomic mass is 9.86. The second-order valence-electron chi connectivity index (χ2n) is 6.96. The summed E-state index contributed by atoms with van der Waals surface area (Å²) in [6.07, 6.45) is 0.0533. The largest absolute Gasteiger partial charge is 0.504 e. The number of aromatic hydroxyl groups is 2. The molecule has 0 fully saturated rings. The number of amides is 1. The van der Waals surface area contributed by atoms with Crippen LogP contribution in [0.25, 0.3) is 0 Å². The molecule has 1 aliphatic rings. The average molecular weight is 409 g/mol. The number of hydrogen-bond acceptors (Lipinski definition) is 6. The maximum absolute atomic E-state index is 12.8. The molecule has 0 bridgehead atoms. The first kappa shape index (κ1) is 19.1. The Morgan fingerprint density at radius 2 is 1.97 bits per heavy atom. The minimum absolute atomic E-state index is 0.0533. The number of fused-ring (bicyclic) bond motifs is 1. The van der Waals surface area contributed by atoms with Gasteiger partial charge in [-0.05, 0) is 30.2 Å². The molecule has 4 N–H and O–H groups in total. The fraction of sp³-hybridized carbons (Fsp3) is 0.190. The number of hydrogen-bond donors (Lipinski definition) is 4. The van der Waals surface area contributed by atoms with E-state index in [1.54, 1.807) is 6.07 Å². The molecule has 3 aromatic rings. The Hall–Kier alpha value is -3.26. The van der Waals surface area contributed by atoms with Crippen LogP contribution in [0.3, 0.4) is 0 Å². The number of benzene rings is 2. The highest BCUT2D eigenvalue weighted by atomic mass is 32.2. The van der Waals surface area contributed by atoms with Crippen molar-refractivity contribution in [3.05, 3.63) is 75.1 Å². The number of H-pyrrole nitrogens is 1. The smallest absolute Gasteiger partial charge is 0.257 e. The van der Waals surface area contributed by atoms with E-state index in [0.29, 0.717) is 22.0 Å². The SMILES string of the molecule is Cc1cccc(CSc2nc3c(c(=O)[nH]2)[C@H](c2ccc(O)c(O)c2)CC(=O)N3)c1. The number of thioether (sulfide) groups is 1. The van der Waals surface area contributed by atoms with E-state index in [2.05, 4.69) is 21.4 Å². The molecule has 2 heterocycles. The molecule has 7 nitrogen and oxygen atoms in total. The van der Waals surface area contributed by atoms with E-state index in [0.717, 1.165) is 11.1 Å². The molecule has 0 saturated heterocycles. The number of nitrogens with one attached hydrogen (secondary N) is 2. The molecule has 0 saturated carbocycles. The summed E-state index contributed by atoms with van der Waals surface area (Å²) in [5.41, 5.74) is 2.83. The van der Waals surface area contributed by atoms with E-state index in [1.807, 2.05) is 25.1 Å². The molecular formula is C21H19N3O4S. The van der Waals surface area contributed by atoms with Crippen LogP contribution in [0.5, 0.6) is 11.5 Å². The van der Waals surface area contributed by atoms with Gasteiger partial charge in [-0.2, -0.15) is 0 Å². The molecular weight excluding hydrogens is 390 g/mol. The summed E-state index contributed by atoms with van der Waals surface area (Å²) in [5.74, 6) is -0.518. The fourth-order valence-electron chi connectivity index (χ4n) is 3.41. The van der Waals surface area contributed by atoms with Crippen molar-refractivity contribution >= 4 is 23.5 Å². The Bertz CT molecular complexity index is 1160. The summed E-state index contributed by atoms with van der Waals surface area (Å²) in [7, 11) is 0. The van der Waals surface area contributed by atoms with Crippen molar-refractivity contribution in [3.8, 4) is 11.5 Å². The van der Waals surface area contributed by atoms with E-state index >= 15 is 0 Å². The van der Waals surface area contributed by atoms with Crippen molar-refractivity contribution in [3.63, 3.8) is 0 Å². The number of nitrogens with zero attached hydrogens (tertiary/aromatic N) is 1. The Balaban J connectivity index is 1.66. The average Bonchev–Trinajstić information content (AvgIpc) is 2.67. The molecule has 148 valence electrons. The first-order valence-electron chi connectivity index (χ1n) is 9.05. The van der Waals surface area contributed by atoms with Gasteiger partial charge in [-0.15, -0.1) is 0 Å². The van der Waals surface area contributed by atoms with Crippen LogP contribution in [0.4, 0.5) is 5.82 Å².